The third kappa shape index (κ3) is 2.61. The first kappa shape index (κ1) is 8.71. The second kappa shape index (κ2) is 4.49. The second-order valence-corrected chi connectivity index (χ2v) is 3.04. The van der Waals surface area contributed by atoms with Crippen LogP contribution in [0.15, 0.2) is 12.7 Å². The summed E-state index contributed by atoms with van der Waals surface area (Å²) in [6, 6.07) is 0. The Morgan fingerprint density at radius 2 is 2.55 bits per heavy atom. The predicted molar refractivity (Wildman–Crippen MR) is 44.9 cm³/mol. The smallest absolute Gasteiger partial charge is 0.0720 e. The lowest BCUT2D eigenvalue weighted by molar-refractivity contribution is 0.104. The molecule has 1 heterocycles. The Hall–Kier alpha value is -0.380. The lowest BCUT2D eigenvalue weighted by atomic mass is 10.1. The molecule has 0 aromatic rings. The van der Waals surface area contributed by atoms with Crippen LogP contribution >= 0.6 is 0 Å². The Morgan fingerprint density at radius 1 is 1.73 bits per heavy atom. The van der Waals surface area contributed by atoms with E-state index in [2.05, 4.69) is 16.3 Å². The molecule has 1 aliphatic heterocycles. The second-order valence-electron chi connectivity index (χ2n) is 3.04. The van der Waals surface area contributed by atoms with Gasteiger partial charge in [0.15, 0.2) is 0 Å². The van der Waals surface area contributed by atoms with E-state index in [1.165, 1.54) is 6.42 Å². The molecule has 0 aromatic carbocycles. The number of hydrogen-bond acceptors (Lipinski definition) is 3. The summed E-state index contributed by atoms with van der Waals surface area (Å²) < 4.78 is 0. The number of nitrogens with zero attached hydrogens (tertiary/aromatic N) is 1. The van der Waals surface area contributed by atoms with E-state index in [1.807, 2.05) is 6.08 Å². The van der Waals surface area contributed by atoms with Crippen LogP contribution in [0.4, 0.5) is 0 Å². The van der Waals surface area contributed by atoms with Crippen LogP contribution in [-0.2, 0) is 4.84 Å². The summed E-state index contributed by atoms with van der Waals surface area (Å²) in [4.78, 5) is 6.96. The highest BCUT2D eigenvalue weighted by Gasteiger charge is 2.20. The molecule has 1 fully saturated rings. The monoisotopic (exact) mass is 156 g/mol. The van der Waals surface area contributed by atoms with Gasteiger partial charge < -0.3 is 4.84 Å². The van der Waals surface area contributed by atoms with Crippen LogP contribution in [0.3, 0.4) is 0 Å². The first-order valence-electron chi connectivity index (χ1n) is 4.01. The molecule has 3 heteroatoms. The van der Waals surface area contributed by atoms with Crippen LogP contribution in [0, 0.1) is 5.92 Å². The summed E-state index contributed by atoms with van der Waals surface area (Å²) in [5, 5.41) is 0. The molecule has 0 aliphatic carbocycles. The maximum absolute atomic E-state index is 4.99. The lowest BCUT2D eigenvalue weighted by Crippen LogP contribution is -2.22. The van der Waals surface area contributed by atoms with Crippen molar-refractivity contribution in [3.05, 3.63) is 12.7 Å². The minimum Gasteiger partial charge on any atom is -0.304 e. The first-order chi connectivity index (χ1) is 5.36. The van der Waals surface area contributed by atoms with E-state index in [0.717, 1.165) is 19.6 Å². The third-order valence-corrected chi connectivity index (χ3v) is 2.09. The van der Waals surface area contributed by atoms with Gasteiger partial charge in [-0.2, -0.15) is 0 Å². The van der Waals surface area contributed by atoms with Crippen molar-refractivity contribution in [2.75, 3.05) is 26.2 Å². The van der Waals surface area contributed by atoms with Gasteiger partial charge in [-0.1, -0.05) is 6.08 Å². The molecular weight excluding hydrogens is 140 g/mol. The van der Waals surface area contributed by atoms with Crippen LogP contribution in [0.25, 0.3) is 0 Å². The van der Waals surface area contributed by atoms with Gasteiger partial charge in [0, 0.05) is 13.1 Å². The largest absolute Gasteiger partial charge is 0.304 e. The molecule has 64 valence electrons. The zero-order valence-corrected chi connectivity index (χ0v) is 6.83. The lowest BCUT2D eigenvalue weighted by Gasteiger charge is -2.12. The minimum absolute atomic E-state index is 0.625. The van der Waals surface area contributed by atoms with E-state index in [0.29, 0.717) is 12.5 Å². The SMILES string of the molecule is C=CCN1CCC(CON)C1. The van der Waals surface area contributed by atoms with Gasteiger partial charge in [-0.3, -0.25) is 4.90 Å². The highest BCUT2D eigenvalue weighted by Crippen LogP contribution is 2.15. The van der Waals surface area contributed by atoms with Crippen LogP contribution in [-0.4, -0.2) is 31.1 Å². The fourth-order valence-corrected chi connectivity index (χ4v) is 1.53. The van der Waals surface area contributed by atoms with Crippen LogP contribution in [0.2, 0.25) is 0 Å². The summed E-state index contributed by atoms with van der Waals surface area (Å²) in [5.74, 6) is 5.61. The van der Waals surface area contributed by atoms with Gasteiger partial charge in [0.05, 0.1) is 6.61 Å². The van der Waals surface area contributed by atoms with Crippen molar-refractivity contribution < 1.29 is 4.84 Å². The van der Waals surface area contributed by atoms with Gasteiger partial charge in [-0.05, 0) is 18.9 Å². The molecule has 1 aliphatic rings. The van der Waals surface area contributed by atoms with Crippen molar-refractivity contribution in [2.24, 2.45) is 11.8 Å². The molecule has 2 N–H and O–H groups in total. The van der Waals surface area contributed by atoms with E-state index in [-0.39, 0.29) is 0 Å². The molecule has 0 saturated carbocycles. The molecule has 1 saturated heterocycles. The summed E-state index contributed by atoms with van der Waals surface area (Å²) >= 11 is 0. The molecule has 1 unspecified atom stereocenters. The van der Waals surface area contributed by atoms with Crippen LogP contribution < -0.4 is 5.90 Å². The van der Waals surface area contributed by atoms with E-state index in [1.54, 1.807) is 0 Å². The maximum atomic E-state index is 4.99. The number of nitrogens with two attached hydrogens (primary N) is 1. The zero-order chi connectivity index (χ0) is 8.10. The molecule has 1 rings (SSSR count). The molecule has 11 heavy (non-hydrogen) atoms. The van der Waals surface area contributed by atoms with Gasteiger partial charge >= 0.3 is 0 Å². The van der Waals surface area contributed by atoms with E-state index >= 15 is 0 Å². The third-order valence-electron chi connectivity index (χ3n) is 2.09. The molecular formula is C8H16N2O. The van der Waals surface area contributed by atoms with Crippen molar-refractivity contribution in [1.29, 1.82) is 0 Å². The maximum Gasteiger partial charge on any atom is 0.0720 e. The van der Waals surface area contributed by atoms with Gasteiger partial charge in [0.1, 0.15) is 0 Å². The standard InChI is InChI=1S/C8H16N2O/c1-2-4-10-5-3-8(6-10)7-11-9/h2,8H,1,3-7,9H2. The van der Waals surface area contributed by atoms with E-state index in [4.69, 9.17) is 5.90 Å². The number of rotatable bonds is 4. The van der Waals surface area contributed by atoms with Gasteiger partial charge in [0.25, 0.3) is 0 Å². The molecule has 0 amide bonds. The Bertz CT molecular complexity index is 127. The highest BCUT2D eigenvalue weighted by atomic mass is 16.6. The number of hydrogen-bond donors (Lipinski definition) is 1. The minimum atomic E-state index is 0.625. The van der Waals surface area contributed by atoms with Gasteiger partial charge in [0.2, 0.25) is 0 Å². The van der Waals surface area contributed by atoms with Gasteiger partial charge in [-0.15, -0.1) is 6.58 Å². The zero-order valence-electron chi connectivity index (χ0n) is 6.83. The van der Waals surface area contributed by atoms with Gasteiger partial charge in [-0.25, -0.2) is 5.90 Å². The Balaban J connectivity index is 2.17. The molecule has 0 bridgehead atoms. The van der Waals surface area contributed by atoms with Crippen LogP contribution in [0.1, 0.15) is 6.42 Å². The predicted octanol–water partition coefficient (Wildman–Crippen LogP) is 0.385. The summed E-state index contributed by atoms with van der Waals surface area (Å²) in [6.07, 6.45) is 3.14. The Morgan fingerprint density at radius 3 is 3.18 bits per heavy atom. The van der Waals surface area contributed by atoms with Crippen molar-refractivity contribution in [2.45, 2.75) is 6.42 Å². The normalized spacial score (nSPS) is 25.7. The van der Waals surface area contributed by atoms with E-state index < -0.39 is 0 Å². The molecule has 0 radical (unpaired) electrons. The van der Waals surface area contributed by atoms with E-state index in [9.17, 15) is 0 Å². The fraction of sp³-hybridized carbons (Fsp3) is 0.750. The average Bonchev–Trinajstić information content (AvgIpc) is 2.38. The van der Waals surface area contributed by atoms with Crippen molar-refractivity contribution in [3.8, 4) is 0 Å². The Kier molecular flexibility index (Phi) is 3.56. The molecule has 3 nitrogen and oxygen atoms in total. The summed E-state index contributed by atoms with van der Waals surface area (Å²) in [6.45, 7) is 7.63. The fourth-order valence-electron chi connectivity index (χ4n) is 1.53. The van der Waals surface area contributed by atoms with Crippen LogP contribution in [0.5, 0.6) is 0 Å². The highest BCUT2D eigenvalue weighted by molar-refractivity contribution is 4.80. The van der Waals surface area contributed by atoms with Crippen molar-refractivity contribution >= 4 is 0 Å². The summed E-state index contributed by atoms with van der Waals surface area (Å²) in [5.41, 5.74) is 0. The Labute approximate surface area is 67.8 Å². The van der Waals surface area contributed by atoms with Crippen molar-refractivity contribution in [1.82, 2.24) is 4.90 Å². The number of likely N-dealkylation sites (tertiary alicyclic amines) is 1. The molecule has 1 atom stereocenters. The first-order valence-corrected chi connectivity index (χ1v) is 4.01. The average molecular weight is 156 g/mol. The van der Waals surface area contributed by atoms with Crippen molar-refractivity contribution in [3.63, 3.8) is 0 Å². The summed E-state index contributed by atoms with van der Waals surface area (Å²) in [7, 11) is 0. The molecule has 0 spiro atoms. The topological polar surface area (TPSA) is 38.5 Å². The quantitative estimate of drug-likeness (QED) is 0.472. The molecule has 0 aromatic heterocycles.